The highest BCUT2D eigenvalue weighted by molar-refractivity contribution is 7.47. The maximum atomic E-state index is 13.0. The first kappa shape index (κ1) is 104. The van der Waals surface area contributed by atoms with Crippen molar-refractivity contribution >= 4 is 33.6 Å². The summed E-state index contributed by atoms with van der Waals surface area (Å²) in [5.41, 5.74) is 0. The number of phosphoric acid groups is 2. The molecule has 0 bridgehead atoms. The Hall–Kier alpha value is -5.09. The summed E-state index contributed by atoms with van der Waals surface area (Å²) >= 11 is 0. The molecule has 4 N–H and O–H groups in total. The van der Waals surface area contributed by atoms with Crippen molar-refractivity contribution in [1.29, 1.82) is 0 Å². The zero-order valence-electron chi connectivity index (χ0n) is 68.2. The van der Waals surface area contributed by atoms with Gasteiger partial charge in [-0.25, -0.2) is 9.13 Å². The van der Waals surface area contributed by atoms with E-state index in [9.17, 15) is 43.5 Å². The van der Waals surface area contributed by atoms with Gasteiger partial charge in [0.1, 0.15) is 25.4 Å². The molecule has 0 saturated heterocycles. The van der Waals surface area contributed by atoms with Gasteiger partial charge in [-0.3, -0.25) is 32.5 Å². The zero-order chi connectivity index (χ0) is 79.4. The molecule has 5 unspecified atom stereocenters. The molecule has 5 atom stereocenters. The van der Waals surface area contributed by atoms with E-state index in [2.05, 4.69) is 191 Å². The Morgan fingerprint density at radius 1 is 0.257 bits per heavy atom. The fourth-order valence-corrected chi connectivity index (χ4v) is 12.7. The Balaban J connectivity index is 4.56. The highest BCUT2D eigenvalue weighted by Gasteiger charge is 2.29. The minimum absolute atomic E-state index is 0.0703. The second kappa shape index (κ2) is 82.4. The molecule has 622 valence electrons. The summed E-state index contributed by atoms with van der Waals surface area (Å²) in [4.78, 5) is 58.8. The summed E-state index contributed by atoms with van der Waals surface area (Å²) in [5, 5.41) is 20.7. The van der Waals surface area contributed by atoms with E-state index in [1.54, 1.807) is 0 Å². The Bertz CT molecular complexity index is 2660. The molecule has 0 aromatic rings. The van der Waals surface area contributed by atoms with Gasteiger partial charge in [-0.15, -0.1) is 0 Å². The van der Waals surface area contributed by atoms with Crippen molar-refractivity contribution in [3.63, 3.8) is 0 Å². The van der Waals surface area contributed by atoms with E-state index in [-0.39, 0.29) is 19.3 Å². The molecule has 18 heteroatoms. The van der Waals surface area contributed by atoms with Crippen LogP contribution in [0.1, 0.15) is 329 Å². The summed E-state index contributed by atoms with van der Waals surface area (Å²) in [7, 11) is -9.81. The molecule has 0 saturated carbocycles. The highest BCUT2D eigenvalue weighted by Crippen LogP contribution is 2.45. The average molecular weight is 1560 g/mol. The number of hydrogen-bond acceptors (Lipinski definition) is 14. The van der Waals surface area contributed by atoms with E-state index in [0.717, 1.165) is 167 Å². The summed E-state index contributed by atoms with van der Waals surface area (Å²) in [5.74, 6) is -1.61. The number of carbonyl (C=O) groups is 3. The lowest BCUT2D eigenvalue weighted by molar-refractivity contribution is -0.161. The number of rotatable bonds is 79. The minimum Gasteiger partial charge on any atom is -0.463 e. The number of carbonyl (C=O) groups excluding carboxylic acids is 3. The molecule has 0 aliphatic rings. The first-order valence-electron chi connectivity index (χ1n) is 42.4. The van der Waals surface area contributed by atoms with Gasteiger partial charge < -0.3 is 34.2 Å². The maximum absolute atomic E-state index is 13.0. The van der Waals surface area contributed by atoms with E-state index >= 15 is 0 Å². The lowest BCUT2D eigenvalue weighted by Gasteiger charge is -2.21. The number of aliphatic hydroxyl groups is 2. The summed E-state index contributed by atoms with van der Waals surface area (Å²) in [6, 6.07) is 0. The minimum atomic E-state index is -4.95. The Morgan fingerprint density at radius 2 is 0.459 bits per heavy atom. The fourth-order valence-electron chi connectivity index (χ4n) is 11.1. The Labute approximate surface area is 662 Å². The standard InChI is InChI=1S/C91H152O16P2/c1-4-7-10-13-16-19-22-25-28-31-33-35-37-39-40-41-42-43-44-46-48-49-51-54-56-59-62-65-68-71-74-77-89(94)101-80-86(92)81-103-108(97,98)104-82-87(93)83-105-109(99,100)106-85-88(107-91(96)79-76-73-70-67-64-61-58-53-30-27-24-21-18-15-12-9-6-3)84-102-90(95)78-75-72-69-66-63-60-57-55-52-50-47-45-38-36-34-32-29-26-23-20-17-14-11-8-5-2/h7-12,16-21,25-30,33-36,39-40,45,47,58,61,86-88,92-93H,4-6,13-15,22-24,31-32,37-38,41-44,46,48-57,59-60,62-85H2,1-3H3,(H,97,98)(H,99,100)/b10-7-,11-8-,12-9-,19-16-,20-17-,21-18-,28-25-,29-26-,30-27-,35-33-,36-34-,40-39-,47-45-,61-58-. The molecule has 16 nitrogen and oxygen atoms in total. The second-order valence-electron chi connectivity index (χ2n) is 27.8. The van der Waals surface area contributed by atoms with Crippen LogP contribution in [0.3, 0.4) is 0 Å². The van der Waals surface area contributed by atoms with Gasteiger partial charge in [-0.1, -0.05) is 332 Å². The predicted octanol–water partition coefficient (Wildman–Crippen LogP) is 25.5. The van der Waals surface area contributed by atoms with E-state index in [0.29, 0.717) is 19.3 Å². The van der Waals surface area contributed by atoms with Crippen LogP contribution < -0.4 is 0 Å². The van der Waals surface area contributed by atoms with Gasteiger partial charge >= 0.3 is 33.6 Å². The third-order valence-electron chi connectivity index (χ3n) is 17.4. The summed E-state index contributed by atoms with van der Waals surface area (Å²) in [6.45, 7) is 2.32. The zero-order valence-corrected chi connectivity index (χ0v) is 70.0. The highest BCUT2D eigenvalue weighted by atomic mass is 31.2. The normalized spacial score (nSPS) is 14.7. The molecule has 0 amide bonds. The lowest BCUT2D eigenvalue weighted by Crippen LogP contribution is -2.30. The molecule has 0 aromatic heterocycles. The van der Waals surface area contributed by atoms with Gasteiger partial charge in [0, 0.05) is 19.3 Å². The maximum Gasteiger partial charge on any atom is 0.472 e. The van der Waals surface area contributed by atoms with Crippen molar-refractivity contribution in [2.75, 3.05) is 39.6 Å². The SMILES string of the molecule is CC/C=C\C/C=C\C/C=C\C/C=C\C/C=C\CCCCCCCCCCCCCCCCCC(=O)OCC(O)COP(=O)(O)OCC(O)COP(=O)(O)OCC(COC(=O)CCCCCCCCCCC/C=C\C/C=C\C/C=C\C/C=C\C/C=C\CC)OC(=O)CCCCCC/C=C\C/C=C\C/C=C\C/C=C\CC. The third-order valence-corrected chi connectivity index (χ3v) is 19.3. The number of unbranched alkanes of at least 4 members (excludes halogenated alkanes) is 28. The molecule has 0 rings (SSSR count). The van der Waals surface area contributed by atoms with Gasteiger partial charge in [-0.05, 0) is 148 Å². The fraction of sp³-hybridized carbons (Fsp3) is 0.659. The van der Waals surface area contributed by atoms with Crippen molar-refractivity contribution in [2.24, 2.45) is 0 Å². The van der Waals surface area contributed by atoms with E-state index < -0.39 is 91.5 Å². The number of hydrogen-bond donors (Lipinski definition) is 4. The number of esters is 3. The molecule has 0 aliphatic heterocycles. The van der Waals surface area contributed by atoms with Crippen LogP contribution in [0.5, 0.6) is 0 Å². The first-order chi connectivity index (χ1) is 53.2. The van der Waals surface area contributed by atoms with E-state index in [4.69, 9.17) is 32.3 Å². The number of phosphoric ester groups is 2. The number of allylic oxidation sites excluding steroid dienone is 28. The van der Waals surface area contributed by atoms with Crippen LogP contribution in [0.25, 0.3) is 0 Å². The molecule has 109 heavy (non-hydrogen) atoms. The Kier molecular flexibility index (Phi) is 78.5. The van der Waals surface area contributed by atoms with Crippen molar-refractivity contribution in [1.82, 2.24) is 0 Å². The van der Waals surface area contributed by atoms with Crippen LogP contribution in [0, 0.1) is 0 Å². The molecule has 0 aliphatic carbocycles. The first-order valence-corrected chi connectivity index (χ1v) is 45.4. The van der Waals surface area contributed by atoms with Crippen LogP contribution in [-0.4, -0.2) is 95.9 Å². The number of ether oxygens (including phenoxy) is 3. The second-order valence-corrected chi connectivity index (χ2v) is 30.7. The van der Waals surface area contributed by atoms with E-state index in [1.807, 2.05) is 0 Å². The molecule has 0 aromatic carbocycles. The van der Waals surface area contributed by atoms with Gasteiger partial charge in [0.15, 0.2) is 6.10 Å². The largest absolute Gasteiger partial charge is 0.472 e. The van der Waals surface area contributed by atoms with E-state index in [1.165, 1.54) is 103 Å². The molecular weight excluding hydrogens is 1410 g/mol. The lowest BCUT2D eigenvalue weighted by atomic mass is 10.0. The molecular formula is C91H152O16P2. The Morgan fingerprint density at radius 3 is 0.725 bits per heavy atom. The topological polar surface area (TPSA) is 231 Å². The van der Waals surface area contributed by atoms with Crippen molar-refractivity contribution in [3.05, 3.63) is 170 Å². The van der Waals surface area contributed by atoms with Crippen molar-refractivity contribution < 1.29 is 75.8 Å². The molecule has 0 spiro atoms. The van der Waals surface area contributed by atoms with Crippen LogP contribution >= 0.6 is 15.6 Å². The number of aliphatic hydroxyl groups excluding tert-OH is 2. The van der Waals surface area contributed by atoms with Gasteiger partial charge in [0.25, 0.3) is 0 Å². The molecule has 0 radical (unpaired) electrons. The summed E-state index contributed by atoms with van der Waals surface area (Å²) < 4.78 is 61.3. The smallest absolute Gasteiger partial charge is 0.463 e. The summed E-state index contributed by atoms with van der Waals surface area (Å²) in [6.07, 6.45) is 105. The van der Waals surface area contributed by atoms with Crippen LogP contribution in [0.15, 0.2) is 170 Å². The quantitative estimate of drug-likeness (QED) is 0.0146. The van der Waals surface area contributed by atoms with Gasteiger partial charge in [0.05, 0.1) is 26.4 Å². The molecule has 0 fully saturated rings. The van der Waals surface area contributed by atoms with Crippen LogP contribution in [-0.2, 0) is 55.8 Å². The van der Waals surface area contributed by atoms with Crippen LogP contribution in [0.4, 0.5) is 0 Å². The van der Waals surface area contributed by atoms with Crippen LogP contribution in [0.2, 0.25) is 0 Å². The third kappa shape index (κ3) is 83.7. The predicted molar refractivity (Wildman–Crippen MR) is 454 cm³/mol. The van der Waals surface area contributed by atoms with Crippen molar-refractivity contribution in [3.8, 4) is 0 Å². The average Bonchev–Trinajstić information content (AvgIpc) is 0.902. The van der Waals surface area contributed by atoms with Gasteiger partial charge in [0.2, 0.25) is 0 Å². The van der Waals surface area contributed by atoms with Gasteiger partial charge in [-0.2, -0.15) is 0 Å². The monoisotopic (exact) mass is 1560 g/mol. The molecule has 0 heterocycles. The van der Waals surface area contributed by atoms with Crippen molar-refractivity contribution in [2.45, 2.75) is 347 Å².